The maximum Gasteiger partial charge on any atom is 0.264 e. The van der Waals surface area contributed by atoms with Gasteiger partial charge in [-0.15, -0.1) is 11.8 Å². The van der Waals surface area contributed by atoms with Crippen molar-refractivity contribution >= 4 is 39.3 Å². The summed E-state index contributed by atoms with van der Waals surface area (Å²) in [5.74, 6) is -0.390. The van der Waals surface area contributed by atoms with Gasteiger partial charge in [-0.2, -0.15) is 0 Å². The molecule has 1 saturated carbocycles. The first kappa shape index (κ1) is 32.4. The fourth-order valence-electron chi connectivity index (χ4n) is 5.26. The quantitative estimate of drug-likeness (QED) is 0.240. The average Bonchev–Trinajstić information content (AvgIpc) is 3.03. The lowest BCUT2D eigenvalue weighted by Gasteiger charge is -2.33. The van der Waals surface area contributed by atoms with E-state index < -0.39 is 28.5 Å². The molecular formula is C33H41N3O5S2. The number of rotatable bonds is 13. The van der Waals surface area contributed by atoms with Crippen LogP contribution in [-0.2, 0) is 26.2 Å². The van der Waals surface area contributed by atoms with Gasteiger partial charge < -0.3 is 15.0 Å². The van der Waals surface area contributed by atoms with Crippen molar-refractivity contribution in [2.24, 2.45) is 0 Å². The van der Waals surface area contributed by atoms with E-state index >= 15 is 0 Å². The number of nitrogens with zero attached hydrogens (tertiary/aromatic N) is 2. The van der Waals surface area contributed by atoms with Gasteiger partial charge in [-0.05, 0) is 74.9 Å². The van der Waals surface area contributed by atoms with Crippen LogP contribution in [0.1, 0.15) is 51.5 Å². The number of hydrogen-bond donors (Lipinski definition) is 1. The van der Waals surface area contributed by atoms with E-state index in [0.29, 0.717) is 12.4 Å². The lowest BCUT2D eigenvalue weighted by atomic mass is 9.95. The van der Waals surface area contributed by atoms with E-state index in [9.17, 15) is 18.0 Å². The number of para-hydroxylation sites is 2. The minimum Gasteiger partial charge on any atom is -0.492 e. The summed E-state index contributed by atoms with van der Waals surface area (Å²) in [6.07, 6.45) is 7.04. The molecule has 0 unspecified atom stereocenters. The number of amides is 2. The third-order valence-electron chi connectivity index (χ3n) is 7.67. The number of carbonyl (C=O) groups excluding carboxylic acids is 2. The molecule has 1 N–H and O–H groups in total. The first-order chi connectivity index (χ1) is 20.7. The van der Waals surface area contributed by atoms with Crippen LogP contribution in [0.3, 0.4) is 0 Å². The summed E-state index contributed by atoms with van der Waals surface area (Å²) < 4.78 is 35.3. The molecule has 4 rings (SSSR count). The Morgan fingerprint density at radius 2 is 1.60 bits per heavy atom. The van der Waals surface area contributed by atoms with Crippen molar-refractivity contribution in [3.05, 3.63) is 84.4 Å². The Morgan fingerprint density at radius 3 is 2.26 bits per heavy atom. The van der Waals surface area contributed by atoms with Crippen molar-refractivity contribution in [2.45, 2.75) is 74.4 Å². The van der Waals surface area contributed by atoms with Crippen LogP contribution < -0.4 is 14.4 Å². The maximum absolute atomic E-state index is 14.2. The van der Waals surface area contributed by atoms with Crippen LogP contribution in [0.5, 0.6) is 5.75 Å². The summed E-state index contributed by atoms with van der Waals surface area (Å²) in [4.78, 5) is 30.1. The molecule has 1 aliphatic rings. The fraction of sp³-hybridized carbons (Fsp3) is 0.394. The lowest BCUT2D eigenvalue weighted by molar-refractivity contribution is -0.139. The summed E-state index contributed by atoms with van der Waals surface area (Å²) in [6, 6.07) is 22.0. The van der Waals surface area contributed by atoms with Crippen LogP contribution in [0.2, 0.25) is 0 Å². The minimum atomic E-state index is -4.19. The highest BCUT2D eigenvalue weighted by Crippen LogP contribution is 2.33. The van der Waals surface area contributed by atoms with Crippen molar-refractivity contribution in [2.75, 3.05) is 23.7 Å². The molecular weight excluding hydrogens is 583 g/mol. The molecule has 3 aromatic rings. The Labute approximate surface area is 259 Å². The third kappa shape index (κ3) is 8.32. The van der Waals surface area contributed by atoms with Crippen LogP contribution >= 0.6 is 11.8 Å². The van der Waals surface area contributed by atoms with E-state index in [1.54, 1.807) is 55.5 Å². The second-order valence-electron chi connectivity index (χ2n) is 10.6. The van der Waals surface area contributed by atoms with Crippen LogP contribution in [0.4, 0.5) is 5.69 Å². The molecule has 0 bridgehead atoms. The minimum absolute atomic E-state index is 0.0575. The Morgan fingerprint density at radius 1 is 0.953 bits per heavy atom. The van der Waals surface area contributed by atoms with E-state index in [-0.39, 0.29) is 29.1 Å². The Kier molecular flexibility index (Phi) is 11.5. The predicted molar refractivity (Wildman–Crippen MR) is 172 cm³/mol. The molecule has 0 radical (unpaired) electrons. The molecule has 1 fully saturated rings. The van der Waals surface area contributed by atoms with E-state index in [0.717, 1.165) is 46.9 Å². The average molecular weight is 624 g/mol. The molecule has 8 nitrogen and oxygen atoms in total. The number of benzene rings is 3. The first-order valence-corrected chi connectivity index (χ1v) is 17.4. The summed E-state index contributed by atoms with van der Waals surface area (Å²) in [7, 11) is -4.19. The maximum atomic E-state index is 14.2. The second-order valence-corrected chi connectivity index (χ2v) is 13.4. The number of anilines is 1. The van der Waals surface area contributed by atoms with Gasteiger partial charge >= 0.3 is 0 Å². The monoisotopic (exact) mass is 623 g/mol. The van der Waals surface area contributed by atoms with Crippen molar-refractivity contribution in [3.8, 4) is 5.75 Å². The molecule has 0 heterocycles. The normalized spacial score (nSPS) is 14.5. The molecule has 43 heavy (non-hydrogen) atoms. The van der Waals surface area contributed by atoms with Gasteiger partial charge in [0.05, 0.1) is 17.2 Å². The molecule has 0 aliphatic heterocycles. The number of sulfonamides is 1. The van der Waals surface area contributed by atoms with E-state index in [1.165, 1.54) is 16.7 Å². The van der Waals surface area contributed by atoms with Gasteiger partial charge in [-0.3, -0.25) is 13.9 Å². The van der Waals surface area contributed by atoms with Crippen molar-refractivity contribution in [1.82, 2.24) is 10.2 Å². The predicted octanol–water partition coefficient (Wildman–Crippen LogP) is 5.87. The zero-order chi connectivity index (χ0) is 30.8. The van der Waals surface area contributed by atoms with Crippen molar-refractivity contribution in [1.29, 1.82) is 0 Å². The van der Waals surface area contributed by atoms with Gasteiger partial charge in [0.25, 0.3) is 10.0 Å². The van der Waals surface area contributed by atoms with Crippen molar-refractivity contribution in [3.63, 3.8) is 0 Å². The van der Waals surface area contributed by atoms with Gasteiger partial charge in [0.15, 0.2) is 0 Å². The summed E-state index contributed by atoms with van der Waals surface area (Å²) in [5.41, 5.74) is 1.09. The number of ether oxygens (including phenoxy) is 1. The summed E-state index contributed by atoms with van der Waals surface area (Å²) >= 11 is 1.51. The third-order valence-corrected chi connectivity index (χ3v) is 10.2. The van der Waals surface area contributed by atoms with E-state index in [2.05, 4.69) is 5.32 Å². The molecule has 230 valence electrons. The number of hydrogen-bond acceptors (Lipinski definition) is 6. The number of thioether (sulfide) groups is 1. The van der Waals surface area contributed by atoms with Crippen LogP contribution in [-0.4, -0.2) is 56.6 Å². The molecule has 1 aliphatic carbocycles. The van der Waals surface area contributed by atoms with Crippen molar-refractivity contribution < 1.29 is 22.7 Å². The number of nitrogens with one attached hydrogen (secondary N) is 1. The van der Waals surface area contributed by atoms with Gasteiger partial charge in [0, 0.05) is 17.5 Å². The zero-order valence-electron chi connectivity index (χ0n) is 25.1. The zero-order valence-corrected chi connectivity index (χ0v) is 26.7. The summed E-state index contributed by atoms with van der Waals surface area (Å²) in [5, 5.41) is 3.13. The lowest BCUT2D eigenvalue weighted by Crippen LogP contribution is -2.53. The molecule has 10 heteroatoms. The molecule has 0 spiro atoms. The highest BCUT2D eigenvalue weighted by molar-refractivity contribution is 7.98. The Balaban J connectivity index is 1.70. The Bertz CT molecular complexity index is 1460. The Hall–Kier alpha value is -3.50. The largest absolute Gasteiger partial charge is 0.492 e. The van der Waals surface area contributed by atoms with Crippen LogP contribution in [0.15, 0.2) is 88.7 Å². The fourth-order valence-corrected chi connectivity index (χ4v) is 7.09. The SMILES string of the molecule is CCOc1ccccc1N(CC(=O)N(Cc1ccccc1)[C@H](C)C(=O)NC1CCCCC1)S(=O)(=O)c1ccc(SC)cc1. The van der Waals surface area contributed by atoms with Crippen LogP contribution in [0, 0.1) is 0 Å². The number of carbonyl (C=O) groups is 2. The van der Waals surface area contributed by atoms with E-state index in [1.807, 2.05) is 43.5 Å². The molecule has 2 amide bonds. The standard InChI is InChI=1S/C33H41N3O5S2/c1-4-41-31-18-12-11-17-30(31)36(43(39,40)29-21-19-28(42-3)20-22-29)24-32(37)35(23-26-13-7-5-8-14-26)25(2)33(38)34-27-15-9-6-10-16-27/h5,7-8,11-14,17-22,25,27H,4,6,9-10,15-16,23-24H2,1-3H3,(H,34,38)/t25-/m1/s1. The molecule has 0 saturated heterocycles. The molecule has 0 aromatic heterocycles. The van der Waals surface area contributed by atoms with Gasteiger partial charge in [-0.25, -0.2) is 8.42 Å². The van der Waals surface area contributed by atoms with Crippen LogP contribution in [0.25, 0.3) is 0 Å². The van der Waals surface area contributed by atoms with E-state index in [4.69, 9.17) is 4.74 Å². The smallest absolute Gasteiger partial charge is 0.264 e. The highest BCUT2D eigenvalue weighted by Gasteiger charge is 2.34. The topological polar surface area (TPSA) is 96.0 Å². The molecule has 3 aromatic carbocycles. The second kappa shape index (κ2) is 15.3. The molecule has 1 atom stereocenters. The highest BCUT2D eigenvalue weighted by atomic mass is 32.2. The van der Waals surface area contributed by atoms with Gasteiger partial charge in [0.1, 0.15) is 18.3 Å². The summed E-state index contributed by atoms with van der Waals surface area (Å²) in [6.45, 7) is 3.48. The van der Waals surface area contributed by atoms with Gasteiger partial charge in [-0.1, -0.05) is 61.7 Å². The first-order valence-electron chi connectivity index (χ1n) is 14.8. The van der Waals surface area contributed by atoms with Gasteiger partial charge in [0.2, 0.25) is 11.8 Å².